The van der Waals surface area contributed by atoms with Crippen LogP contribution in [0.2, 0.25) is 22.2 Å². The van der Waals surface area contributed by atoms with Crippen molar-refractivity contribution in [2.75, 3.05) is 6.61 Å². The van der Waals surface area contributed by atoms with Gasteiger partial charge in [-0.2, -0.15) is 0 Å². The van der Waals surface area contributed by atoms with E-state index in [4.69, 9.17) is 56.1 Å². The van der Waals surface area contributed by atoms with Crippen LogP contribution >= 0.6 is 0 Å². The number of rotatable bonds is 20. The molecule has 9 rings (SSSR count). The molecular weight excluding hydrogens is 973 g/mol. The van der Waals surface area contributed by atoms with E-state index in [-0.39, 0.29) is 59.8 Å². The summed E-state index contributed by atoms with van der Waals surface area (Å²) in [6, 6.07) is 40.0. The Morgan fingerprint density at radius 1 is 0.595 bits per heavy atom. The van der Waals surface area contributed by atoms with E-state index < -0.39 is 72.4 Å². The lowest BCUT2D eigenvalue weighted by Crippen LogP contribution is -2.66. The van der Waals surface area contributed by atoms with Crippen LogP contribution in [0.5, 0.6) is 0 Å². The van der Waals surface area contributed by atoms with Gasteiger partial charge in [0, 0.05) is 0 Å². The van der Waals surface area contributed by atoms with Gasteiger partial charge in [0.05, 0.1) is 45.5 Å². The van der Waals surface area contributed by atoms with Crippen molar-refractivity contribution < 1.29 is 46.1 Å². The van der Waals surface area contributed by atoms with Crippen LogP contribution in [0.15, 0.2) is 139 Å². The minimum atomic E-state index is -3.25. The fourth-order valence-corrected chi connectivity index (χ4v) is 21.9. The average Bonchev–Trinajstić information content (AvgIpc) is 3.98. The van der Waals surface area contributed by atoms with Crippen molar-refractivity contribution in [1.29, 1.82) is 0 Å². The second-order valence-electron chi connectivity index (χ2n) is 21.0. The van der Waals surface area contributed by atoms with Gasteiger partial charge in [0.1, 0.15) is 49.7 Å². The molecule has 3 saturated heterocycles. The number of nitrogens with zero attached hydrogens (tertiary/aromatic N) is 4. The van der Waals surface area contributed by atoms with Crippen LogP contribution in [0.1, 0.15) is 90.8 Å². The van der Waals surface area contributed by atoms with Crippen molar-refractivity contribution in [1.82, 2.24) is 19.1 Å². The Balaban J connectivity index is 1.13. The fourth-order valence-electron chi connectivity index (χ4n) is 10.7. The average molecular weight is 1050 g/mol. The standard InChI is InChI=1S/C57H74N4O11Si2/c1-38(2)73(39(3)4)67-34-47-50(71-74(72-73,40(5)6)41(7)8)52(56(69-47)61-36-58-48-54(61)59-35-60(55(48)62)37-63-30-43-22-14-10-15-23-43)70-57-53(66-33-46-28-20-13-21-29-46)51(65-32-45-26-18-12-19-27-45)49(42(9)68-57)64-31-44-24-16-11-17-25-44/h10-29,35-36,38-42,47,49-53,56-57H,30-34,37H2,1-9H3/t42-,47+,49+,50+,51+,52+,53-,56+,57-/m0/s1. The molecule has 15 nitrogen and oxygen atoms in total. The lowest BCUT2D eigenvalue weighted by Gasteiger charge is -2.51. The van der Waals surface area contributed by atoms with Crippen LogP contribution < -0.4 is 5.56 Å². The molecule has 3 aliphatic rings. The van der Waals surface area contributed by atoms with Gasteiger partial charge in [-0.3, -0.25) is 13.9 Å². The monoisotopic (exact) mass is 1050 g/mol. The molecule has 6 aromatic rings. The molecule has 396 valence electrons. The second-order valence-corrected chi connectivity index (χ2v) is 29.9. The molecule has 0 radical (unpaired) electrons. The Morgan fingerprint density at radius 2 is 1.09 bits per heavy atom. The molecule has 2 aromatic heterocycles. The lowest BCUT2D eigenvalue weighted by molar-refractivity contribution is -0.335. The van der Waals surface area contributed by atoms with Gasteiger partial charge >= 0.3 is 17.1 Å². The number of hydrogen-bond donors (Lipinski definition) is 0. The Hall–Kier alpha value is -4.74. The molecule has 0 spiro atoms. The summed E-state index contributed by atoms with van der Waals surface area (Å²) >= 11 is 0. The number of benzene rings is 4. The first kappa shape index (κ1) is 54.1. The fraction of sp³-hybridized carbons (Fsp3) is 0.491. The van der Waals surface area contributed by atoms with Crippen molar-refractivity contribution >= 4 is 28.3 Å². The maximum absolute atomic E-state index is 14.2. The molecule has 0 aliphatic carbocycles. The van der Waals surface area contributed by atoms with Crippen LogP contribution in [0.3, 0.4) is 0 Å². The Bertz CT molecular complexity index is 2740. The van der Waals surface area contributed by atoms with E-state index in [1.165, 1.54) is 10.9 Å². The van der Waals surface area contributed by atoms with Gasteiger partial charge in [-0.25, -0.2) is 9.97 Å². The van der Waals surface area contributed by atoms with Crippen LogP contribution in [-0.2, 0) is 79.3 Å². The van der Waals surface area contributed by atoms with E-state index in [2.05, 4.69) is 55.4 Å². The number of fused-ring (bicyclic) bond motifs is 2. The van der Waals surface area contributed by atoms with E-state index >= 15 is 0 Å². The molecule has 0 saturated carbocycles. The SMILES string of the molecule is CC(C)[Si]1(C(C)C)OC[C@H]2O[C@@H](n3cnc4c(=O)n(COCc5ccccc5)cnc43)[C@H](O[C@@H]3O[C@@H](C)[C@@H](OCc4ccccc4)[C@@H](OCc4ccccc4)[C@@H]3OCc3ccccc3)[C@@H]2O[Si](C(C)C)(C(C)C)O1. The first-order valence-electron chi connectivity index (χ1n) is 26.3. The van der Waals surface area contributed by atoms with Gasteiger partial charge in [0.2, 0.25) is 0 Å². The van der Waals surface area contributed by atoms with Gasteiger partial charge in [-0.15, -0.1) is 0 Å². The first-order chi connectivity index (χ1) is 35.8. The van der Waals surface area contributed by atoms with E-state index in [0.29, 0.717) is 18.9 Å². The number of ether oxygens (including phenoxy) is 7. The van der Waals surface area contributed by atoms with E-state index in [1.54, 1.807) is 10.9 Å². The highest BCUT2D eigenvalue weighted by Crippen LogP contribution is 2.50. The minimum Gasteiger partial charge on any atom is -0.414 e. The summed E-state index contributed by atoms with van der Waals surface area (Å²) in [6.45, 7) is 20.9. The molecule has 3 fully saturated rings. The normalized spacial score (nSPS) is 25.9. The summed E-state index contributed by atoms with van der Waals surface area (Å²) in [4.78, 5) is 23.7. The van der Waals surface area contributed by atoms with Crippen LogP contribution in [0.25, 0.3) is 11.2 Å². The third-order valence-electron chi connectivity index (χ3n) is 14.7. The molecule has 0 unspecified atom stereocenters. The summed E-state index contributed by atoms with van der Waals surface area (Å²) in [5.41, 5.74) is 4.33. The van der Waals surface area contributed by atoms with Gasteiger partial charge in [0.15, 0.2) is 23.7 Å². The quantitative estimate of drug-likeness (QED) is 0.0670. The molecule has 0 bridgehead atoms. The van der Waals surface area contributed by atoms with Crippen molar-refractivity contribution in [3.8, 4) is 0 Å². The Labute approximate surface area is 437 Å². The molecule has 0 amide bonds. The topological polar surface area (TPSA) is 145 Å². The number of imidazole rings is 1. The second kappa shape index (κ2) is 24.1. The molecule has 17 heteroatoms. The molecule has 0 N–H and O–H groups in total. The van der Waals surface area contributed by atoms with Gasteiger partial charge < -0.3 is 46.1 Å². The maximum Gasteiger partial charge on any atom is 0.335 e. The first-order valence-corrected chi connectivity index (χ1v) is 30.2. The zero-order chi connectivity index (χ0) is 52.0. The predicted octanol–water partition coefficient (Wildman–Crippen LogP) is 10.5. The molecule has 5 heterocycles. The molecular formula is C57H74N4O11Si2. The largest absolute Gasteiger partial charge is 0.414 e. The number of aromatic nitrogens is 4. The zero-order valence-corrected chi connectivity index (χ0v) is 46.2. The highest BCUT2D eigenvalue weighted by atomic mass is 28.5. The highest BCUT2D eigenvalue weighted by Gasteiger charge is 2.63. The van der Waals surface area contributed by atoms with E-state index in [1.807, 2.05) is 128 Å². The molecule has 9 atom stereocenters. The van der Waals surface area contributed by atoms with Crippen LogP contribution in [0, 0.1) is 0 Å². The molecule has 4 aromatic carbocycles. The van der Waals surface area contributed by atoms with Gasteiger partial charge in [-0.05, 0) is 51.3 Å². The van der Waals surface area contributed by atoms with E-state index in [0.717, 1.165) is 22.3 Å². The summed E-state index contributed by atoms with van der Waals surface area (Å²) in [6.07, 6.45) is -3.81. The van der Waals surface area contributed by atoms with Gasteiger partial charge in [0.25, 0.3) is 5.56 Å². The summed E-state index contributed by atoms with van der Waals surface area (Å²) in [5, 5.41) is 0. The Morgan fingerprint density at radius 3 is 1.62 bits per heavy atom. The van der Waals surface area contributed by atoms with E-state index in [9.17, 15) is 4.79 Å². The summed E-state index contributed by atoms with van der Waals surface area (Å²) in [5.74, 6) is 0. The third kappa shape index (κ3) is 11.6. The number of hydrogen-bond acceptors (Lipinski definition) is 13. The smallest absolute Gasteiger partial charge is 0.335 e. The summed E-state index contributed by atoms with van der Waals surface area (Å²) < 4.78 is 74.5. The van der Waals surface area contributed by atoms with Crippen molar-refractivity contribution in [3.05, 3.63) is 167 Å². The van der Waals surface area contributed by atoms with Crippen LogP contribution in [-0.4, -0.2) is 91.8 Å². The summed E-state index contributed by atoms with van der Waals surface area (Å²) in [7, 11) is -6.23. The zero-order valence-electron chi connectivity index (χ0n) is 44.2. The van der Waals surface area contributed by atoms with Crippen molar-refractivity contribution in [2.45, 2.75) is 173 Å². The minimum absolute atomic E-state index is 0.00981. The van der Waals surface area contributed by atoms with Crippen molar-refractivity contribution in [2.24, 2.45) is 0 Å². The predicted molar refractivity (Wildman–Crippen MR) is 285 cm³/mol. The molecule has 74 heavy (non-hydrogen) atoms. The maximum atomic E-state index is 14.2. The van der Waals surface area contributed by atoms with Gasteiger partial charge in [-0.1, -0.05) is 177 Å². The van der Waals surface area contributed by atoms with Crippen LogP contribution in [0.4, 0.5) is 0 Å². The van der Waals surface area contributed by atoms with Crippen molar-refractivity contribution in [3.63, 3.8) is 0 Å². The highest BCUT2D eigenvalue weighted by molar-refractivity contribution is 6.84. The lowest BCUT2D eigenvalue weighted by atomic mass is 9.98. The Kier molecular flexibility index (Phi) is 17.6. The molecule has 3 aliphatic heterocycles. The third-order valence-corrected chi connectivity index (χ3v) is 24.9.